The van der Waals surface area contributed by atoms with E-state index in [9.17, 15) is 0 Å². The average Bonchev–Trinajstić information content (AvgIpc) is 2.77. The maximum Gasteiger partial charge on any atom is 0.130 e. The number of nitrogens with two attached hydrogens (primary N) is 1. The summed E-state index contributed by atoms with van der Waals surface area (Å²) < 4.78 is 7.86. The number of ether oxygens (including phenoxy) is 1. The number of benzene rings is 1. The van der Waals surface area contributed by atoms with Crippen LogP contribution in [-0.4, -0.2) is 9.78 Å². The van der Waals surface area contributed by atoms with Gasteiger partial charge in [0.05, 0.1) is 11.4 Å². The van der Waals surface area contributed by atoms with E-state index in [-0.39, 0.29) is 6.04 Å². The number of nitrogens with zero attached hydrogens (tertiary/aromatic N) is 2. The summed E-state index contributed by atoms with van der Waals surface area (Å²) in [4.78, 5) is 0. The third kappa shape index (κ3) is 3.15. The van der Waals surface area contributed by atoms with E-state index in [1.54, 1.807) is 0 Å². The van der Waals surface area contributed by atoms with Gasteiger partial charge in [-0.15, -0.1) is 0 Å². The molecule has 0 aliphatic carbocycles. The second-order valence-corrected chi connectivity index (χ2v) is 4.71. The first-order valence-electron chi connectivity index (χ1n) is 6.62. The molecule has 2 N–H and O–H groups in total. The molecule has 0 spiro atoms. The number of rotatable bonds is 5. The molecule has 0 bridgehead atoms. The molecule has 2 aromatic rings. The topological polar surface area (TPSA) is 53.1 Å². The maximum absolute atomic E-state index is 5.95. The van der Waals surface area contributed by atoms with Crippen molar-refractivity contribution in [3.05, 3.63) is 47.3 Å². The standard InChI is InChI=1S/C15H21N3O/c1-4-18-13(9-11(2)17-18)10-19-15-8-6-5-7-14(15)12(3)16/h5-9,12H,4,10,16H2,1-3H3/t12-/m0/s1. The van der Waals surface area contributed by atoms with Crippen molar-refractivity contribution in [3.8, 4) is 5.75 Å². The molecule has 0 aliphatic heterocycles. The zero-order valence-electron chi connectivity index (χ0n) is 11.8. The Hall–Kier alpha value is -1.81. The molecule has 1 aromatic heterocycles. The molecule has 2 rings (SSSR count). The minimum Gasteiger partial charge on any atom is -0.487 e. The third-order valence-corrected chi connectivity index (χ3v) is 3.07. The molecule has 0 saturated carbocycles. The van der Waals surface area contributed by atoms with Gasteiger partial charge >= 0.3 is 0 Å². The van der Waals surface area contributed by atoms with Gasteiger partial charge in [-0.05, 0) is 32.9 Å². The first-order chi connectivity index (χ1) is 9.11. The minimum absolute atomic E-state index is 0.0333. The Balaban J connectivity index is 2.14. The average molecular weight is 259 g/mol. The van der Waals surface area contributed by atoms with Gasteiger partial charge < -0.3 is 10.5 Å². The van der Waals surface area contributed by atoms with Gasteiger partial charge in [-0.1, -0.05) is 18.2 Å². The van der Waals surface area contributed by atoms with Crippen LogP contribution >= 0.6 is 0 Å². The molecule has 102 valence electrons. The number of aromatic nitrogens is 2. The molecule has 4 nitrogen and oxygen atoms in total. The van der Waals surface area contributed by atoms with Crippen LogP contribution in [0.15, 0.2) is 30.3 Å². The van der Waals surface area contributed by atoms with Crippen molar-refractivity contribution >= 4 is 0 Å². The van der Waals surface area contributed by atoms with Crippen LogP contribution in [0, 0.1) is 6.92 Å². The minimum atomic E-state index is -0.0333. The van der Waals surface area contributed by atoms with Crippen LogP contribution in [0.4, 0.5) is 0 Å². The Morgan fingerprint density at radius 2 is 2.11 bits per heavy atom. The maximum atomic E-state index is 5.95. The van der Waals surface area contributed by atoms with Gasteiger partial charge in [0.25, 0.3) is 0 Å². The van der Waals surface area contributed by atoms with Gasteiger partial charge in [-0.3, -0.25) is 4.68 Å². The van der Waals surface area contributed by atoms with Gasteiger partial charge in [0.15, 0.2) is 0 Å². The lowest BCUT2D eigenvalue weighted by atomic mass is 10.1. The Morgan fingerprint density at radius 3 is 2.79 bits per heavy atom. The van der Waals surface area contributed by atoms with E-state index < -0.39 is 0 Å². The number of para-hydroxylation sites is 1. The molecule has 1 heterocycles. The summed E-state index contributed by atoms with van der Waals surface area (Å²) in [6.45, 7) is 7.39. The lowest BCUT2D eigenvalue weighted by molar-refractivity contribution is 0.288. The second-order valence-electron chi connectivity index (χ2n) is 4.71. The summed E-state index contributed by atoms with van der Waals surface area (Å²) in [6, 6.07) is 9.92. The fraction of sp³-hybridized carbons (Fsp3) is 0.400. The Morgan fingerprint density at radius 1 is 1.37 bits per heavy atom. The second kappa shape index (κ2) is 5.89. The van der Waals surface area contributed by atoms with Crippen molar-refractivity contribution in [2.45, 2.75) is 40.0 Å². The zero-order valence-corrected chi connectivity index (χ0v) is 11.8. The monoisotopic (exact) mass is 259 g/mol. The Labute approximate surface area is 114 Å². The third-order valence-electron chi connectivity index (χ3n) is 3.07. The van der Waals surface area contributed by atoms with Gasteiger partial charge in [-0.25, -0.2) is 0 Å². The summed E-state index contributed by atoms with van der Waals surface area (Å²) in [6.07, 6.45) is 0. The first-order valence-corrected chi connectivity index (χ1v) is 6.62. The fourth-order valence-corrected chi connectivity index (χ4v) is 2.13. The molecule has 0 aliphatic rings. The molecule has 1 atom stereocenters. The Bertz CT molecular complexity index is 546. The predicted octanol–water partition coefficient (Wildman–Crippen LogP) is 2.81. The summed E-state index contributed by atoms with van der Waals surface area (Å²) in [5.74, 6) is 0.846. The van der Waals surface area contributed by atoms with Crippen LogP contribution < -0.4 is 10.5 Å². The number of hydrogen-bond acceptors (Lipinski definition) is 3. The molecule has 0 fully saturated rings. The van der Waals surface area contributed by atoms with Crippen LogP contribution in [0.1, 0.15) is 36.8 Å². The highest BCUT2D eigenvalue weighted by Gasteiger charge is 2.09. The van der Waals surface area contributed by atoms with Gasteiger partial charge in [-0.2, -0.15) is 5.10 Å². The Kier molecular flexibility index (Phi) is 4.22. The van der Waals surface area contributed by atoms with Crippen molar-refractivity contribution in [1.29, 1.82) is 0 Å². The number of aryl methyl sites for hydroxylation is 2. The molecular weight excluding hydrogens is 238 g/mol. The zero-order chi connectivity index (χ0) is 13.8. The van der Waals surface area contributed by atoms with E-state index in [2.05, 4.69) is 18.1 Å². The lowest BCUT2D eigenvalue weighted by Crippen LogP contribution is -2.10. The van der Waals surface area contributed by atoms with E-state index in [4.69, 9.17) is 10.5 Å². The molecule has 0 saturated heterocycles. The highest BCUT2D eigenvalue weighted by Crippen LogP contribution is 2.24. The van der Waals surface area contributed by atoms with E-state index in [0.717, 1.165) is 29.2 Å². The summed E-state index contributed by atoms with van der Waals surface area (Å²) in [5.41, 5.74) is 9.07. The van der Waals surface area contributed by atoms with Crippen molar-refractivity contribution in [1.82, 2.24) is 9.78 Å². The molecule has 4 heteroatoms. The van der Waals surface area contributed by atoms with Gasteiger partial charge in [0.2, 0.25) is 0 Å². The fourth-order valence-electron chi connectivity index (χ4n) is 2.13. The van der Waals surface area contributed by atoms with Crippen molar-refractivity contribution in [2.75, 3.05) is 0 Å². The van der Waals surface area contributed by atoms with Crippen molar-refractivity contribution in [2.24, 2.45) is 5.73 Å². The quantitative estimate of drug-likeness (QED) is 0.898. The summed E-state index contributed by atoms with van der Waals surface area (Å²) >= 11 is 0. The number of hydrogen-bond donors (Lipinski definition) is 1. The highest BCUT2D eigenvalue weighted by atomic mass is 16.5. The normalized spacial score (nSPS) is 12.4. The van der Waals surface area contributed by atoms with Crippen LogP contribution in [0.2, 0.25) is 0 Å². The van der Waals surface area contributed by atoms with E-state index in [1.165, 1.54) is 0 Å². The lowest BCUT2D eigenvalue weighted by Gasteiger charge is -2.14. The van der Waals surface area contributed by atoms with Crippen LogP contribution in [0.25, 0.3) is 0 Å². The SMILES string of the molecule is CCn1nc(C)cc1COc1ccccc1[C@H](C)N. The van der Waals surface area contributed by atoms with E-state index in [0.29, 0.717) is 6.61 Å². The van der Waals surface area contributed by atoms with Crippen molar-refractivity contribution in [3.63, 3.8) is 0 Å². The van der Waals surface area contributed by atoms with Crippen molar-refractivity contribution < 1.29 is 4.74 Å². The first kappa shape index (κ1) is 13.6. The largest absolute Gasteiger partial charge is 0.487 e. The molecule has 0 amide bonds. The smallest absolute Gasteiger partial charge is 0.130 e. The molecule has 0 radical (unpaired) electrons. The highest BCUT2D eigenvalue weighted by molar-refractivity contribution is 5.35. The van der Waals surface area contributed by atoms with Crippen LogP contribution in [0.3, 0.4) is 0 Å². The predicted molar refractivity (Wildman–Crippen MR) is 76.0 cm³/mol. The molecule has 1 aromatic carbocycles. The molecule has 19 heavy (non-hydrogen) atoms. The van der Waals surface area contributed by atoms with Crippen LogP contribution in [-0.2, 0) is 13.2 Å². The van der Waals surface area contributed by atoms with Gasteiger partial charge in [0.1, 0.15) is 12.4 Å². The summed E-state index contributed by atoms with van der Waals surface area (Å²) in [7, 11) is 0. The molecular formula is C15H21N3O. The molecule has 0 unspecified atom stereocenters. The summed E-state index contributed by atoms with van der Waals surface area (Å²) in [5, 5.41) is 4.41. The van der Waals surface area contributed by atoms with E-state index in [1.807, 2.05) is 42.8 Å². The van der Waals surface area contributed by atoms with Gasteiger partial charge in [0, 0.05) is 18.2 Å². The van der Waals surface area contributed by atoms with E-state index >= 15 is 0 Å². The van der Waals surface area contributed by atoms with Crippen LogP contribution in [0.5, 0.6) is 5.75 Å².